The van der Waals surface area contributed by atoms with E-state index in [1.54, 1.807) is 0 Å². The summed E-state index contributed by atoms with van der Waals surface area (Å²) in [5, 5.41) is 11.4. The Hall–Kier alpha value is -1.64. The molecular formula is C17H19NO. The van der Waals surface area contributed by atoms with Gasteiger partial charge in [-0.3, -0.25) is 4.90 Å². The van der Waals surface area contributed by atoms with Gasteiger partial charge in [0.05, 0.1) is 0 Å². The van der Waals surface area contributed by atoms with Crippen LogP contribution in [0.1, 0.15) is 17.5 Å². The Morgan fingerprint density at radius 3 is 1.74 bits per heavy atom. The number of likely N-dealkylation sites (N-methyl/N-ethyl adjacent to an activating group) is 1. The van der Waals surface area contributed by atoms with Gasteiger partial charge in [0.2, 0.25) is 0 Å². The van der Waals surface area contributed by atoms with Crippen LogP contribution in [0.5, 0.6) is 0 Å². The molecule has 1 aliphatic rings. The molecule has 1 aliphatic heterocycles. The normalized spacial score (nSPS) is 20.0. The summed E-state index contributed by atoms with van der Waals surface area (Å²) in [6, 6.07) is 20.1. The van der Waals surface area contributed by atoms with Crippen LogP contribution in [0.15, 0.2) is 60.7 Å². The number of likely N-dealkylation sites (tertiary alicyclic amines) is 1. The molecule has 0 amide bonds. The van der Waals surface area contributed by atoms with Crippen molar-refractivity contribution in [1.29, 1.82) is 0 Å². The quantitative estimate of drug-likeness (QED) is 0.909. The predicted octanol–water partition coefficient (Wildman–Crippen LogP) is 2.63. The molecule has 2 nitrogen and oxygen atoms in total. The van der Waals surface area contributed by atoms with Gasteiger partial charge in [0.15, 0.2) is 0 Å². The third-order valence-corrected chi connectivity index (χ3v) is 4.20. The van der Waals surface area contributed by atoms with E-state index in [0.29, 0.717) is 0 Å². The predicted molar refractivity (Wildman–Crippen MR) is 76.9 cm³/mol. The molecule has 0 saturated carbocycles. The second-order valence-electron chi connectivity index (χ2n) is 5.28. The first kappa shape index (κ1) is 12.4. The van der Waals surface area contributed by atoms with E-state index >= 15 is 0 Å². The molecule has 1 fully saturated rings. The zero-order valence-corrected chi connectivity index (χ0v) is 11.2. The van der Waals surface area contributed by atoms with E-state index in [0.717, 1.165) is 24.1 Å². The van der Waals surface area contributed by atoms with Crippen LogP contribution in [0.3, 0.4) is 0 Å². The van der Waals surface area contributed by atoms with Gasteiger partial charge in [-0.25, -0.2) is 0 Å². The topological polar surface area (TPSA) is 23.5 Å². The Morgan fingerprint density at radius 1 is 0.947 bits per heavy atom. The molecule has 19 heavy (non-hydrogen) atoms. The van der Waals surface area contributed by atoms with Crippen LogP contribution in [0.2, 0.25) is 0 Å². The summed E-state index contributed by atoms with van der Waals surface area (Å²) in [6.07, 6.45) is 1.02. The third-order valence-electron chi connectivity index (χ3n) is 4.20. The monoisotopic (exact) mass is 253 g/mol. The first-order valence-electron chi connectivity index (χ1n) is 6.76. The molecule has 0 spiro atoms. The molecule has 98 valence electrons. The maximum Gasteiger partial charge on any atom is 0.130 e. The summed E-state index contributed by atoms with van der Waals surface area (Å²) in [7, 11) is 2.07. The van der Waals surface area contributed by atoms with Gasteiger partial charge in [0, 0.05) is 6.04 Å². The Balaban J connectivity index is 2.11. The van der Waals surface area contributed by atoms with Gasteiger partial charge in [-0.15, -0.1) is 0 Å². The van der Waals surface area contributed by atoms with Crippen LogP contribution in [0.25, 0.3) is 0 Å². The van der Waals surface area contributed by atoms with Crippen molar-refractivity contribution >= 4 is 0 Å². The first-order valence-corrected chi connectivity index (χ1v) is 6.76. The number of rotatable bonds is 3. The summed E-state index contributed by atoms with van der Waals surface area (Å²) in [5.41, 5.74) is 1.02. The standard InChI is InChI=1S/C17H19NO/c1-18-13-12-16(18)17(19,14-8-4-2-5-9-14)15-10-6-3-7-11-15/h2-11,16,19H,12-13H2,1H3/t16-/m1/s1. The van der Waals surface area contributed by atoms with Gasteiger partial charge in [0.1, 0.15) is 5.60 Å². The molecule has 1 N–H and O–H groups in total. The van der Waals surface area contributed by atoms with E-state index in [4.69, 9.17) is 0 Å². The minimum absolute atomic E-state index is 0.150. The molecule has 2 heteroatoms. The van der Waals surface area contributed by atoms with Crippen LogP contribution < -0.4 is 0 Å². The minimum Gasteiger partial charge on any atom is -0.379 e. The smallest absolute Gasteiger partial charge is 0.130 e. The van der Waals surface area contributed by atoms with Crippen molar-refractivity contribution in [3.8, 4) is 0 Å². The van der Waals surface area contributed by atoms with E-state index in [-0.39, 0.29) is 6.04 Å². The summed E-state index contributed by atoms with van der Waals surface area (Å²) in [6.45, 7) is 1.05. The summed E-state index contributed by atoms with van der Waals surface area (Å²) in [4.78, 5) is 2.22. The van der Waals surface area contributed by atoms with Crippen molar-refractivity contribution in [3.63, 3.8) is 0 Å². The maximum atomic E-state index is 11.4. The molecule has 1 heterocycles. The average molecular weight is 253 g/mol. The number of hydrogen-bond donors (Lipinski definition) is 1. The highest BCUT2D eigenvalue weighted by molar-refractivity contribution is 5.38. The molecule has 2 aromatic rings. The summed E-state index contributed by atoms with van der Waals surface area (Å²) < 4.78 is 0. The van der Waals surface area contributed by atoms with E-state index in [1.807, 2.05) is 60.7 Å². The van der Waals surface area contributed by atoms with Crippen molar-refractivity contribution in [2.45, 2.75) is 18.1 Å². The van der Waals surface area contributed by atoms with Crippen LogP contribution in [-0.2, 0) is 5.60 Å². The average Bonchev–Trinajstić information content (AvgIpc) is 2.47. The molecule has 0 radical (unpaired) electrons. The van der Waals surface area contributed by atoms with E-state index in [9.17, 15) is 5.11 Å². The van der Waals surface area contributed by atoms with Crippen LogP contribution in [0, 0.1) is 0 Å². The van der Waals surface area contributed by atoms with Crippen LogP contribution >= 0.6 is 0 Å². The van der Waals surface area contributed by atoms with Gasteiger partial charge in [-0.1, -0.05) is 60.7 Å². The van der Waals surface area contributed by atoms with E-state index in [1.165, 1.54) is 0 Å². The second kappa shape index (κ2) is 4.80. The molecule has 0 aromatic heterocycles. The number of hydrogen-bond acceptors (Lipinski definition) is 2. The Labute approximate surface area is 114 Å². The van der Waals surface area contributed by atoms with Crippen molar-refractivity contribution in [1.82, 2.24) is 4.90 Å². The van der Waals surface area contributed by atoms with Gasteiger partial charge < -0.3 is 5.11 Å². The molecule has 0 unspecified atom stereocenters. The highest BCUT2D eigenvalue weighted by atomic mass is 16.3. The minimum atomic E-state index is -0.921. The Kier molecular flexibility index (Phi) is 3.13. The molecule has 1 saturated heterocycles. The fourth-order valence-corrected chi connectivity index (χ4v) is 2.98. The lowest BCUT2D eigenvalue weighted by Crippen LogP contribution is -2.58. The maximum absolute atomic E-state index is 11.4. The second-order valence-corrected chi connectivity index (χ2v) is 5.28. The largest absolute Gasteiger partial charge is 0.379 e. The lowest BCUT2D eigenvalue weighted by molar-refractivity contribution is -0.0594. The number of benzene rings is 2. The van der Waals surface area contributed by atoms with Gasteiger partial charge >= 0.3 is 0 Å². The van der Waals surface area contributed by atoms with E-state index in [2.05, 4.69) is 11.9 Å². The van der Waals surface area contributed by atoms with Crippen molar-refractivity contribution in [2.24, 2.45) is 0 Å². The highest BCUT2D eigenvalue weighted by Crippen LogP contribution is 2.40. The molecular weight excluding hydrogens is 234 g/mol. The van der Waals surface area contributed by atoms with Crippen molar-refractivity contribution in [3.05, 3.63) is 71.8 Å². The van der Waals surface area contributed by atoms with Crippen LogP contribution in [-0.4, -0.2) is 29.6 Å². The molecule has 0 bridgehead atoms. The number of aliphatic hydroxyl groups is 1. The molecule has 2 aromatic carbocycles. The molecule has 1 atom stereocenters. The lowest BCUT2D eigenvalue weighted by Gasteiger charge is -2.48. The number of nitrogens with zero attached hydrogens (tertiary/aromatic N) is 1. The summed E-state index contributed by atoms with van der Waals surface area (Å²) >= 11 is 0. The Bertz CT molecular complexity index is 498. The van der Waals surface area contributed by atoms with Gasteiger partial charge in [0.25, 0.3) is 0 Å². The zero-order valence-electron chi connectivity index (χ0n) is 11.2. The highest BCUT2D eigenvalue weighted by Gasteiger charge is 2.46. The first-order chi connectivity index (χ1) is 9.23. The van der Waals surface area contributed by atoms with Crippen molar-refractivity contribution < 1.29 is 5.11 Å². The fraction of sp³-hybridized carbons (Fsp3) is 0.294. The van der Waals surface area contributed by atoms with Gasteiger partial charge in [-0.05, 0) is 31.1 Å². The summed E-state index contributed by atoms with van der Waals surface area (Å²) in [5.74, 6) is 0. The molecule has 0 aliphatic carbocycles. The molecule has 3 rings (SSSR count). The Morgan fingerprint density at radius 2 is 1.42 bits per heavy atom. The van der Waals surface area contributed by atoms with Crippen LogP contribution in [0.4, 0.5) is 0 Å². The SMILES string of the molecule is CN1CC[C@@H]1C(O)(c1ccccc1)c1ccccc1. The lowest BCUT2D eigenvalue weighted by atomic mass is 9.75. The fourth-order valence-electron chi connectivity index (χ4n) is 2.98. The van der Waals surface area contributed by atoms with E-state index < -0.39 is 5.60 Å². The third kappa shape index (κ3) is 1.97. The van der Waals surface area contributed by atoms with Crippen molar-refractivity contribution in [2.75, 3.05) is 13.6 Å². The zero-order chi connectivity index (χ0) is 13.3. The van der Waals surface area contributed by atoms with Gasteiger partial charge in [-0.2, -0.15) is 0 Å².